The molecule has 90 valence electrons. The fourth-order valence-electron chi connectivity index (χ4n) is 1.04. The Morgan fingerprint density at radius 3 is 2.27 bits per heavy atom. The van der Waals surface area contributed by atoms with Gasteiger partial charge in [-0.1, -0.05) is 13.8 Å². The molecule has 15 heavy (non-hydrogen) atoms. The maximum atomic E-state index is 11.4. The average molecular weight is 234 g/mol. The van der Waals surface area contributed by atoms with Gasteiger partial charge in [0.2, 0.25) is 0 Å². The van der Waals surface area contributed by atoms with Crippen molar-refractivity contribution in [2.45, 2.75) is 46.6 Å². The van der Waals surface area contributed by atoms with Gasteiger partial charge in [0.1, 0.15) is 5.60 Å². The average Bonchev–Trinajstić information content (AvgIpc) is 1.96. The maximum Gasteiger partial charge on any atom is 0.307 e. The van der Waals surface area contributed by atoms with Crippen LogP contribution < -0.4 is 0 Å². The van der Waals surface area contributed by atoms with Crippen molar-refractivity contribution in [1.82, 2.24) is 0 Å². The van der Waals surface area contributed by atoms with Crippen LogP contribution in [-0.4, -0.2) is 27.3 Å². The van der Waals surface area contributed by atoms with E-state index in [0.29, 0.717) is 17.4 Å². The summed E-state index contributed by atoms with van der Waals surface area (Å²) in [5.41, 5.74) is -0.448. The lowest BCUT2D eigenvalue weighted by atomic mass is 10.2. The third kappa shape index (κ3) is 9.91. The summed E-state index contributed by atoms with van der Waals surface area (Å²) < 4.78 is 16.5. The molecule has 0 aromatic carbocycles. The van der Waals surface area contributed by atoms with Gasteiger partial charge in [0.25, 0.3) is 0 Å². The van der Waals surface area contributed by atoms with Crippen molar-refractivity contribution < 1.29 is 13.7 Å². The van der Waals surface area contributed by atoms with Crippen LogP contribution in [0.1, 0.15) is 41.0 Å². The quantitative estimate of drug-likeness (QED) is 0.684. The van der Waals surface area contributed by atoms with Crippen molar-refractivity contribution in [2.24, 2.45) is 5.92 Å². The lowest BCUT2D eigenvalue weighted by Crippen LogP contribution is -2.25. The van der Waals surface area contributed by atoms with E-state index in [1.54, 1.807) is 0 Å². The van der Waals surface area contributed by atoms with Gasteiger partial charge in [-0.3, -0.25) is 9.00 Å². The van der Waals surface area contributed by atoms with Gasteiger partial charge in [-0.2, -0.15) is 0 Å². The first kappa shape index (κ1) is 14.6. The van der Waals surface area contributed by atoms with Crippen LogP contribution in [0, 0.1) is 5.92 Å². The Bertz CT molecular complexity index is 228. The molecule has 1 unspecified atom stereocenters. The first-order chi connectivity index (χ1) is 6.70. The Morgan fingerprint density at radius 2 is 1.87 bits per heavy atom. The van der Waals surface area contributed by atoms with Gasteiger partial charge in [-0.25, -0.2) is 0 Å². The molecule has 0 spiro atoms. The molecule has 1 atom stereocenters. The Balaban J connectivity index is 3.77. The Hall–Kier alpha value is -0.380. The van der Waals surface area contributed by atoms with Gasteiger partial charge in [-0.05, 0) is 26.7 Å². The normalized spacial score (nSPS) is 14.0. The van der Waals surface area contributed by atoms with Gasteiger partial charge < -0.3 is 4.74 Å². The molecule has 0 aliphatic carbocycles. The Labute approximate surface area is 95.0 Å². The number of hydrogen-bond acceptors (Lipinski definition) is 3. The van der Waals surface area contributed by atoms with Crippen LogP contribution in [0.5, 0.6) is 0 Å². The number of ether oxygens (including phenoxy) is 1. The number of carbonyl (C=O) groups is 1. The van der Waals surface area contributed by atoms with Crippen LogP contribution in [0.25, 0.3) is 0 Å². The lowest BCUT2D eigenvalue weighted by molar-refractivity contribution is -0.154. The maximum absolute atomic E-state index is 11.4. The second-order valence-electron chi connectivity index (χ2n) is 5.04. The van der Waals surface area contributed by atoms with E-state index in [1.165, 1.54) is 0 Å². The van der Waals surface area contributed by atoms with E-state index in [0.717, 1.165) is 0 Å². The first-order valence-corrected chi connectivity index (χ1v) is 6.76. The summed E-state index contributed by atoms with van der Waals surface area (Å²) in [5, 5.41) is 0. The summed E-state index contributed by atoms with van der Waals surface area (Å²) in [6.45, 7) is 9.53. The monoisotopic (exact) mass is 234 g/mol. The lowest BCUT2D eigenvalue weighted by Gasteiger charge is -2.19. The molecule has 0 rings (SSSR count). The molecule has 0 amide bonds. The highest BCUT2D eigenvalue weighted by atomic mass is 32.2. The van der Waals surface area contributed by atoms with Crippen LogP contribution >= 0.6 is 0 Å². The van der Waals surface area contributed by atoms with Crippen molar-refractivity contribution in [3.05, 3.63) is 0 Å². The van der Waals surface area contributed by atoms with Crippen LogP contribution in [0.3, 0.4) is 0 Å². The van der Waals surface area contributed by atoms with E-state index in [1.807, 2.05) is 34.6 Å². The summed E-state index contributed by atoms with van der Waals surface area (Å²) in [6.07, 6.45) is 0.247. The standard InChI is InChI=1S/C11H22O3S/c1-9(2)8-15(13)7-6-10(12)14-11(3,4)5/h9H,6-8H2,1-5H3. The minimum atomic E-state index is -0.900. The van der Waals surface area contributed by atoms with Crippen LogP contribution in [0.15, 0.2) is 0 Å². The molecule has 0 aromatic rings. The summed E-state index contributed by atoms with van der Waals surface area (Å²) >= 11 is 0. The summed E-state index contributed by atoms with van der Waals surface area (Å²) in [4.78, 5) is 11.3. The van der Waals surface area contributed by atoms with E-state index in [2.05, 4.69) is 0 Å². The molecular weight excluding hydrogens is 212 g/mol. The molecule has 0 heterocycles. The van der Waals surface area contributed by atoms with Crippen molar-refractivity contribution in [3.8, 4) is 0 Å². The molecule has 0 saturated carbocycles. The smallest absolute Gasteiger partial charge is 0.307 e. The molecular formula is C11H22O3S. The number of rotatable bonds is 5. The second kappa shape index (κ2) is 6.26. The topological polar surface area (TPSA) is 43.4 Å². The number of hydrogen-bond donors (Lipinski definition) is 0. The Morgan fingerprint density at radius 1 is 1.33 bits per heavy atom. The molecule has 0 N–H and O–H groups in total. The largest absolute Gasteiger partial charge is 0.460 e. The van der Waals surface area contributed by atoms with Crippen molar-refractivity contribution in [1.29, 1.82) is 0 Å². The molecule has 0 saturated heterocycles. The zero-order valence-electron chi connectivity index (χ0n) is 10.3. The van der Waals surface area contributed by atoms with Crippen molar-refractivity contribution in [3.63, 3.8) is 0 Å². The SMILES string of the molecule is CC(C)CS(=O)CCC(=O)OC(C)(C)C. The minimum absolute atomic E-state index is 0.247. The molecule has 0 radical (unpaired) electrons. The van der Waals surface area contributed by atoms with E-state index in [9.17, 15) is 9.00 Å². The fraction of sp³-hybridized carbons (Fsp3) is 0.909. The zero-order valence-corrected chi connectivity index (χ0v) is 11.1. The van der Waals surface area contributed by atoms with E-state index in [4.69, 9.17) is 4.74 Å². The van der Waals surface area contributed by atoms with Gasteiger partial charge >= 0.3 is 5.97 Å². The third-order valence-electron chi connectivity index (χ3n) is 1.47. The highest BCUT2D eigenvalue weighted by Crippen LogP contribution is 2.08. The van der Waals surface area contributed by atoms with Crippen molar-refractivity contribution in [2.75, 3.05) is 11.5 Å². The van der Waals surface area contributed by atoms with E-state index >= 15 is 0 Å². The third-order valence-corrected chi connectivity index (χ3v) is 3.17. The zero-order chi connectivity index (χ0) is 12.1. The fourth-order valence-corrected chi connectivity index (χ4v) is 2.35. The molecule has 0 aliphatic heterocycles. The highest BCUT2D eigenvalue weighted by Gasteiger charge is 2.16. The molecule has 0 fully saturated rings. The second-order valence-corrected chi connectivity index (χ2v) is 6.66. The first-order valence-electron chi connectivity index (χ1n) is 5.27. The van der Waals surface area contributed by atoms with Gasteiger partial charge in [0.15, 0.2) is 0 Å². The number of esters is 1. The van der Waals surface area contributed by atoms with Crippen LogP contribution in [0.2, 0.25) is 0 Å². The number of carbonyl (C=O) groups excluding carboxylic acids is 1. The van der Waals surface area contributed by atoms with Gasteiger partial charge in [-0.15, -0.1) is 0 Å². The molecule has 0 bridgehead atoms. The van der Waals surface area contributed by atoms with Gasteiger partial charge in [0.05, 0.1) is 6.42 Å². The van der Waals surface area contributed by atoms with Gasteiger partial charge in [0, 0.05) is 22.3 Å². The molecule has 0 aliphatic rings. The van der Waals surface area contributed by atoms with Crippen molar-refractivity contribution >= 4 is 16.8 Å². The Kier molecular flexibility index (Phi) is 6.10. The summed E-state index contributed by atoms with van der Waals surface area (Å²) in [7, 11) is -0.900. The van der Waals surface area contributed by atoms with Crippen LogP contribution in [-0.2, 0) is 20.3 Å². The predicted octanol–water partition coefficient (Wildman–Crippen LogP) is 2.12. The molecule has 0 aromatic heterocycles. The highest BCUT2D eigenvalue weighted by molar-refractivity contribution is 7.85. The predicted molar refractivity (Wildman–Crippen MR) is 63.2 cm³/mol. The molecule has 4 heteroatoms. The van der Waals surface area contributed by atoms with E-state index in [-0.39, 0.29) is 12.4 Å². The minimum Gasteiger partial charge on any atom is -0.460 e. The summed E-state index contributed by atoms with van der Waals surface area (Å²) in [5.74, 6) is 1.21. The molecule has 3 nitrogen and oxygen atoms in total. The summed E-state index contributed by atoms with van der Waals surface area (Å²) in [6, 6.07) is 0. The van der Waals surface area contributed by atoms with E-state index < -0.39 is 16.4 Å². The van der Waals surface area contributed by atoms with Crippen LogP contribution in [0.4, 0.5) is 0 Å².